The first-order valence-electron chi connectivity index (χ1n) is 12.8. The summed E-state index contributed by atoms with van der Waals surface area (Å²) in [6.45, 7) is 6.25. The van der Waals surface area contributed by atoms with Crippen LogP contribution in [0.5, 0.6) is 0 Å². The third-order valence-electron chi connectivity index (χ3n) is 7.50. The van der Waals surface area contributed by atoms with Crippen LogP contribution in [0.4, 0.5) is 0 Å². The number of hydrogen-bond donors (Lipinski definition) is 0. The molecule has 1 aliphatic rings. The Hall–Kier alpha value is -3.71. The predicted octanol–water partition coefficient (Wildman–Crippen LogP) is 4.65. The van der Waals surface area contributed by atoms with Crippen LogP contribution in [0.15, 0.2) is 76.1 Å². The maximum Gasteiger partial charge on any atom is 0.261 e. The molecule has 0 bridgehead atoms. The van der Waals surface area contributed by atoms with Gasteiger partial charge in [0.2, 0.25) is 0 Å². The van der Waals surface area contributed by atoms with E-state index in [4.69, 9.17) is 9.40 Å². The maximum absolute atomic E-state index is 13.0. The first-order chi connectivity index (χ1) is 17.7. The van der Waals surface area contributed by atoms with Crippen LogP contribution in [0.2, 0.25) is 0 Å². The Balaban J connectivity index is 1.11. The summed E-state index contributed by atoms with van der Waals surface area (Å²) in [6.07, 6.45) is 4.96. The fourth-order valence-corrected chi connectivity index (χ4v) is 5.47. The van der Waals surface area contributed by atoms with Gasteiger partial charge in [-0.25, -0.2) is 9.97 Å². The zero-order chi connectivity index (χ0) is 24.5. The highest BCUT2D eigenvalue weighted by Crippen LogP contribution is 2.25. The number of likely N-dealkylation sites (tertiary alicyclic amines) is 1. The van der Waals surface area contributed by atoms with Crippen LogP contribution in [0.3, 0.4) is 0 Å². The van der Waals surface area contributed by atoms with Crippen molar-refractivity contribution in [1.82, 2.24) is 24.0 Å². The second kappa shape index (κ2) is 9.74. The average Bonchev–Trinajstić information content (AvgIpc) is 3.53. The lowest BCUT2D eigenvalue weighted by Gasteiger charge is -2.32. The van der Waals surface area contributed by atoms with Gasteiger partial charge in [0.15, 0.2) is 0 Å². The van der Waals surface area contributed by atoms with Gasteiger partial charge in [-0.15, -0.1) is 0 Å². The Morgan fingerprint density at radius 3 is 2.47 bits per heavy atom. The summed E-state index contributed by atoms with van der Waals surface area (Å²) in [4.78, 5) is 25.1. The van der Waals surface area contributed by atoms with Gasteiger partial charge in [-0.05, 0) is 75.2 Å². The number of nitrogens with zero attached hydrogens (tertiary/aromatic N) is 5. The minimum atomic E-state index is 0.0587. The Labute approximate surface area is 210 Å². The van der Waals surface area contributed by atoms with E-state index in [1.165, 1.54) is 0 Å². The Morgan fingerprint density at radius 1 is 0.889 bits per heavy atom. The summed E-state index contributed by atoms with van der Waals surface area (Å²) >= 11 is 0. The molecule has 0 radical (unpaired) electrons. The molecular weight excluding hydrogens is 450 g/mol. The average molecular weight is 482 g/mol. The fourth-order valence-electron chi connectivity index (χ4n) is 5.47. The van der Waals surface area contributed by atoms with E-state index in [1.807, 2.05) is 54.0 Å². The largest absolute Gasteiger partial charge is 0.467 e. The quantitative estimate of drug-likeness (QED) is 0.338. The third kappa shape index (κ3) is 4.46. The first kappa shape index (κ1) is 22.7. The molecular formula is C29H31N5O2. The molecule has 7 nitrogen and oxygen atoms in total. The molecule has 1 fully saturated rings. The third-order valence-corrected chi connectivity index (χ3v) is 7.50. The van der Waals surface area contributed by atoms with Gasteiger partial charge >= 0.3 is 0 Å². The number of piperidine rings is 1. The molecule has 0 aliphatic carbocycles. The number of para-hydroxylation sites is 3. The summed E-state index contributed by atoms with van der Waals surface area (Å²) in [7, 11) is 0. The minimum Gasteiger partial charge on any atom is -0.467 e. The van der Waals surface area contributed by atoms with Crippen LogP contribution in [0.25, 0.3) is 21.9 Å². The number of imidazole rings is 1. The lowest BCUT2D eigenvalue weighted by Crippen LogP contribution is -2.38. The van der Waals surface area contributed by atoms with Crippen molar-refractivity contribution >= 4 is 21.9 Å². The van der Waals surface area contributed by atoms with Gasteiger partial charge in [0.25, 0.3) is 5.56 Å². The van der Waals surface area contributed by atoms with Gasteiger partial charge in [-0.3, -0.25) is 9.36 Å². The van der Waals surface area contributed by atoms with E-state index in [2.05, 4.69) is 32.7 Å². The standard InChI is InChI=1S/C29H31N5O2/c1-21-30-25-9-3-2-8-24(25)29(35)33(21)17-16-32-14-12-22(13-15-32)19-28-31-26-10-4-5-11-27(26)34(28)20-23-7-6-18-36-23/h2-11,18,22H,12-17,19-20H2,1H3. The second-order valence-corrected chi connectivity index (χ2v) is 9.80. The number of furan rings is 1. The molecule has 0 unspecified atom stereocenters. The van der Waals surface area contributed by atoms with E-state index in [0.29, 0.717) is 24.4 Å². The molecule has 0 N–H and O–H groups in total. The molecule has 5 aromatic rings. The molecule has 0 saturated carbocycles. The van der Waals surface area contributed by atoms with Crippen LogP contribution in [-0.2, 0) is 19.5 Å². The van der Waals surface area contributed by atoms with Crippen LogP contribution >= 0.6 is 0 Å². The summed E-state index contributed by atoms with van der Waals surface area (Å²) in [5.74, 6) is 3.46. The fraction of sp³-hybridized carbons (Fsp3) is 0.345. The zero-order valence-electron chi connectivity index (χ0n) is 20.6. The topological polar surface area (TPSA) is 69.1 Å². The Kier molecular flexibility index (Phi) is 6.15. The van der Waals surface area contributed by atoms with Gasteiger partial charge in [0, 0.05) is 19.5 Å². The maximum atomic E-state index is 13.0. The lowest BCUT2D eigenvalue weighted by atomic mass is 9.93. The normalized spacial score (nSPS) is 15.2. The predicted molar refractivity (Wildman–Crippen MR) is 141 cm³/mol. The molecule has 1 aliphatic heterocycles. The minimum absolute atomic E-state index is 0.0587. The number of aryl methyl sites for hydroxylation is 1. The van der Waals surface area contributed by atoms with Crippen molar-refractivity contribution in [3.8, 4) is 0 Å². The van der Waals surface area contributed by atoms with E-state index < -0.39 is 0 Å². The molecule has 6 rings (SSSR count). The number of hydrogen-bond acceptors (Lipinski definition) is 5. The van der Waals surface area contributed by atoms with Crippen LogP contribution in [0.1, 0.15) is 30.3 Å². The number of benzene rings is 2. The van der Waals surface area contributed by atoms with Gasteiger partial charge < -0.3 is 13.9 Å². The molecule has 0 amide bonds. The van der Waals surface area contributed by atoms with Gasteiger partial charge in [0.1, 0.15) is 17.4 Å². The Bertz CT molecular complexity index is 1540. The Morgan fingerprint density at radius 2 is 1.67 bits per heavy atom. The zero-order valence-corrected chi connectivity index (χ0v) is 20.6. The number of aromatic nitrogens is 4. The molecule has 7 heteroatoms. The van der Waals surface area contributed by atoms with E-state index in [1.54, 1.807) is 6.26 Å². The van der Waals surface area contributed by atoms with Crippen molar-refractivity contribution in [2.24, 2.45) is 5.92 Å². The molecule has 3 aromatic heterocycles. The highest BCUT2D eigenvalue weighted by molar-refractivity contribution is 5.77. The summed E-state index contributed by atoms with van der Waals surface area (Å²) in [5.41, 5.74) is 3.03. The van der Waals surface area contributed by atoms with Gasteiger partial charge in [-0.2, -0.15) is 0 Å². The van der Waals surface area contributed by atoms with Crippen molar-refractivity contribution in [3.05, 3.63) is 94.7 Å². The summed E-state index contributed by atoms with van der Waals surface area (Å²) < 4.78 is 9.77. The van der Waals surface area contributed by atoms with Gasteiger partial charge in [-0.1, -0.05) is 24.3 Å². The highest BCUT2D eigenvalue weighted by Gasteiger charge is 2.23. The van der Waals surface area contributed by atoms with Crippen molar-refractivity contribution in [1.29, 1.82) is 0 Å². The smallest absolute Gasteiger partial charge is 0.261 e. The SMILES string of the molecule is Cc1nc2ccccc2c(=O)n1CCN1CCC(Cc2nc3ccccc3n2Cc2ccco2)CC1. The van der Waals surface area contributed by atoms with Crippen LogP contribution in [-0.4, -0.2) is 43.6 Å². The van der Waals surface area contributed by atoms with Crippen molar-refractivity contribution in [2.75, 3.05) is 19.6 Å². The first-order valence-corrected chi connectivity index (χ1v) is 12.8. The molecule has 36 heavy (non-hydrogen) atoms. The number of rotatable bonds is 7. The second-order valence-electron chi connectivity index (χ2n) is 9.80. The molecule has 0 spiro atoms. The number of fused-ring (bicyclic) bond motifs is 2. The molecule has 184 valence electrons. The van der Waals surface area contributed by atoms with E-state index in [9.17, 15) is 4.79 Å². The molecule has 4 heterocycles. The highest BCUT2D eigenvalue weighted by atomic mass is 16.3. The molecule has 1 saturated heterocycles. The monoisotopic (exact) mass is 481 g/mol. The van der Waals surface area contributed by atoms with Crippen LogP contribution < -0.4 is 5.56 Å². The van der Waals surface area contributed by atoms with Crippen molar-refractivity contribution in [3.63, 3.8) is 0 Å². The van der Waals surface area contributed by atoms with Crippen LogP contribution in [0, 0.1) is 12.8 Å². The van der Waals surface area contributed by atoms with E-state index in [-0.39, 0.29) is 5.56 Å². The lowest BCUT2D eigenvalue weighted by molar-refractivity contribution is 0.176. The molecule has 0 atom stereocenters. The van der Waals surface area contributed by atoms with E-state index >= 15 is 0 Å². The van der Waals surface area contributed by atoms with Gasteiger partial charge in [0.05, 0.1) is 34.7 Å². The summed E-state index contributed by atoms with van der Waals surface area (Å²) in [6, 6.07) is 19.9. The van der Waals surface area contributed by atoms with E-state index in [0.717, 1.165) is 72.9 Å². The van der Waals surface area contributed by atoms with Crippen molar-refractivity contribution < 1.29 is 4.42 Å². The summed E-state index contributed by atoms with van der Waals surface area (Å²) in [5, 5.41) is 0.694. The van der Waals surface area contributed by atoms with Crippen molar-refractivity contribution in [2.45, 2.75) is 39.3 Å². The molecule has 2 aromatic carbocycles.